The van der Waals surface area contributed by atoms with Crippen LogP contribution < -0.4 is 25.0 Å². The van der Waals surface area contributed by atoms with Crippen molar-refractivity contribution in [1.29, 1.82) is 0 Å². The SMILES string of the molecule is CCOc1cccc2c1O[C@]1(C)[C@@H](C(=O)Nc3ccc(Cl)cc3)[C@@H]2NC(=S)N1c1ccc(Cl)cc1. The number of ether oxygens (including phenoxy) is 2. The van der Waals surface area contributed by atoms with Crippen LogP contribution in [0.15, 0.2) is 66.7 Å². The summed E-state index contributed by atoms with van der Waals surface area (Å²) in [5.74, 6) is 0.306. The van der Waals surface area contributed by atoms with Gasteiger partial charge in [0.05, 0.1) is 12.6 Å². The maximum Gasteiger partial charge on any atom is 0.236 e. The molecule has 6 nitrogen and oxygen atoms in total. The maximum atomic E-state index is 13.8. The molecule has 3 atom stereocenters. The number of fused-ring (bicyclic) bond motifs is 4. The van der Waals surface area contributed by atoms with E-state index < -0.39 is 17.7 Å². The molecule has 1 amide bonds. The lowest BCUT2D eigenvalue weighted by Gasteiger charge is -2.56. The van der Waals surface area contributed by atoms with Crippen LogP contribution in [0, 0.1) is 5.92 Å². The van der Waals surface area contributed by atoms with Crippen molar-refractivity contribution in [3.8, 4) is 11.5 Å². The van der Waals surface area contributed by atoms with E-state index in [4.69, 9.17) is 44.9 Å². The van der Waals surface area contributed by atoms with Crippen molar-refractivity contribution in [3.63, 3.8) is 0 Å². The number of hydrogen-bond acceptors (Lipinski definition) is 4. The molecule has 0 unspecified atom stereocenters. The summed E-state index contributed by atoms with van der Waals surface area (Å²) in [6.07, 6.45) is 0. The molecule has 1 saturated heterocycles. The van der Waals surface area contributed by atoms with Crippen molar-refractivity contribution in [2.45, 2.75) is 25.6 Å². The fraction of sp³-hybridized carbons (Fsp3) is 0.231. The van der Waals surface area contributed by atoms with Crippen molar-refractivity contribution >= 4 is 57.8 Å². The van der Waals surface area contributed by atoms with Crippen LogP contribution in [0.3, 0.4) is 0 Å². The Morgan fingerprint density at radius 3 is 2.43 bits per heavy atom. The molecule has 2 heterocycles. The normalized spacial score (nSPS) is 22.5. The molecule has 2 aliphatic heterocycles. The number of rotatable bonds is 5. The molecular weight excluding hydrogens is 505 g/mol. The second kappa shape index (κ2) is 9.22. The van der Waals surface area contributed by atoms with Gasteiger partial charge in [0.15, 0.2) is 22.3 Å². The van der Waals surface area contributed by atoms with E-state index in [0.29, 0.717) is 39.0 Å². The molecule has 35 heavy (non-hydrogen) atoms. The van der Waals surface area contributed by atoms with Gasteiger partial charge in [0.2, 0.25) is 5.91 Å². The average Bonchev–Trinajstić information content (AvgIpc) is 2.82. The molecule has 0 spiro atoms. The number of thiocarbonyl (C=S) groups is 1. The van der Waals surface area contributed by atoms with Gasteiger partial charge >= 0.3 is 0 Å². The first-order valence-corrected chi connectivity index (χ1v) is 12.4. The highest BCUT2D eigenvalue weighted by Crippen LogP contribution is 2.52. The summed E-state index contributed by atoms with van der Waals surface area (Å²) in [7, 11) is 0. The van der Waals surface area contributed by atoms with Crippen LogP contribution in [0.4, 0.5) is 11.4 Å². The summed E-state index contributed by atoms with van der Waals surface area (Å²) in [6.45, 7) is 4.27. The topological polar surface area (TPSA) is 62.8 Å². The Labute approximate surface area is 219 Å². The quantitative estimate of drug-likeness (QED) is 0.385. The van der Waals surface area contributed by atoms with Gasteiger partial charge in [-0.15, -0.1) is 0 Å². The molecule has 9 heteroatoms. The maximum absolute atomic E-state index is 13.8. The van der Waals surface area contributed by atoms with E-state index in [1.807, 2.05) is 49.1 Å². The average molecular weight is 528 g/mol. The molecule has 180 valence electrons. The molecule has 1 fully saturated rings. The van der Waals surface area contributed by atoms with Crippen LogP contribution in [-0.2, 0) is 4.79 Å². The van der Waals surface area contributed by atoms with E-state index in [0.717, 1.165) is 11.3 Å². The van der Waals surface area contributed by atoms with E-state index in [1.54, 1.807) is 36.4 Å². The fourth-order valence-electron chi connectivity index (χ4n) is 4.77. The van der Waals surface area contributed by atoms with E-state index >= 15 is 0 Å². The van der Waals surface area contributed by atoms with E-state index in [2.05, 4.69) is 10.6 Å². The zero-order valence-corrected chi connectivity index (χ0v) is 21.4. The predicted molar refractivity (Wildman–Crippen MR) is 143 cm³/mol. The first kappa shape index (κ1) is 23.7. The first-order chi connectivity index (χ1) is 16.8. The minimum Gasteiger partial charge on any atom is -0.490 e. The van der Waals surface area contributed by atoms with Crippen LogP contribution in [0.2, 0.25) is 10.0 Å². The smallest absolute Gasteiger partial charge is 0.236 e. The first-order valence-electron chi connectivity index (χ1n) is 11.2. The Balaban J connectivity index is 1.63. The number of anilines is 2. The minimum atomic E-state index is -1.17. The Morgan fingerprint density at radius 1 is 1.11 bits per heavy atom. The van der Waals surface area contributed by atoms with E-state index in [9.17, 15) is 4.79 Å². The molecule has 2 N–H and O–H groups in total. The Hall–Kier alpha value is -3.00. The lowest BCUT2D eigenvalue weighted by atomic mass is 9.78. The Bertz CT molecular complexity index is 1290. The monoisotopic (exact) mass is 527 g/mol. The number of para-hydroxylation sites is 1. The molecule has 0 aliphatic carbocycles. The zero-order chi connectivity index (χ0) is 24.7. The van der Waals surface area contributed by atoms with Crippen LogP contribution in [0.1, 0.15) is 25.5 Å². The fourth-order valence-corrected chi connectivity index (χ4v) is 5.44. The van der Waals surface area contributed by atoms with Gasteiger partial charge in [0, 0.05) is 27.0 Å². The second-order valence-corrected chi connectivity index (χ2v) is 9.74. The molecule has 0 radical (unpaired) electrons. The van der Waals surface area contributed by atoms with Crippen molar-refractivity contribution in [2.75, 3.05) is 16.8 Å². The molecular formula is C26H23Cl2N3O3S. The predicted octanol–water partition coefficient (Wildman–Crippen LogP) is 6.19. The van der Waals surface area contributed by atoms with Gasteiger partial charge in [0.1, 0.15) is 5.92 Å². The number of benzene rings is 3. The summed E-state index contributed by atoms with van der Waals surface area (Å²) in [5.41, 5.74) is 1.02. The molecule has 3 aromatic carbocycles. The number of hydrogen-bond donors (Lipinski definition) is 2. The van der Waals surface area contributed by atoms with Crippen molar-refractivity contribution in [1.82, 2.24) is 5.32 Å². The van der Waals surface area contributed by atoms with Gasteiger partial charge in [-0.2, -0.15) is 0 Å². The zero-order valence-electron chi connectivity index (χ0n) is 19.0. The van der Waals surface area contributed by atoms with Crippen LogP contribution in [-0.4, -0.2) is 23.4 Å². The molecule has 2 bridgehead atoms. The molecule has 2 aliphatic rings. The van der Waals surface area contributed by atoms with Crippen LogP contribution >= 0.6 is 35.4 Å². The number of carbonyl (C=O) groups excluding carboxylic acids is 1. The lowest BCUT2D eigenvalue weighted by Crippen LogP contribution is -2.72. The summed E-state index contributed by atoms with van der Waals surface area (Å²) in [5, 5.41) is 8.05. The third-order valence-corrected chi connectivity index (χ3v) is 7.07. The largest absolute Gasteiger partial charge is 0.490 e. The van der Waals surface area contributed by atoms with Gasteiger partial charge in [-0.25, -0.2) is 0 Å². The van der Waals surface area contributed by atoms with E-state index in [1.165, 1.54) is 0 Å². The number of carbonyl (C=O) groups is 1. The summed E-state index contributed by atoms with van der Waals surface area (Å²) in [4.78, 5) is 15.7. The summed E-state index contributed by atoms with van der Waals surface area (Å²) >= 11 is 18.0. The Kier molecular flexibility index (Phi) is 6.25. The van der Waals surface area contributed by atoms with Crippen LogP contribution in [0.5, 0.6) is 11.5 Å². The molecule has 3 aromatic rings. The lowest BCUT2D eigenvalue weighted by molar-refractivity contribution is -0.130. The molecule has 5 rings (SSSR count). The summed E-state index contributed by atoms with van der Waals surface area (Å²) < 4.78 is 12.6. The number of nitrogens with one attached hydrogen (secondary N) is 2. The van der Waals surface area contributed by atoms with Crippen LogP contribution in [0.25, 0.3) is 0 Å². The Morgan fingerprint density at radius 2 is 1.77 bits per heavy atom. The highest BCUT2D eigenvalue weighted by atomic mass is 35.5. The number of halogens is 2. The highest BCUT2D eigenvalue weighted by Gasteiger charge is 2.59. The minimum absolute atomic E-state index is 0.221. The van der Waals surface area contributed by atoms with Gasteiger partial charge in [-0.3, -0.25) is 9.69 Å². The van der Waals surface area contributed by atoms with E-state index in [-0.39, 0.29) is 5.91 Å². The third-order valence-electron chi connectivity index (χ3n) is 6.27. The second-order valence-electron chi connectivity index (χ2n) is 8.48. The standard InChI is InChI=1S/C26H23Cl2N3O3S/c1-3-33-20-6-4-5-19-22-21(24(32)29-17-11-7-15(27)8-12-17)26(2,34-23(19)20)31(25(35)30-22)18-13-9-16(28)10-14-18/h4-14,21-22H,3H2,1-2H3,(H,29,32)(H,30,35)/t21-,22-,26-/m1/s1. The van der Waals surface area contributed by atoms with Gasteiger partial charge in [-0.05, 0) is 80.7 Å². The van der Waals surface area contributed by atoms with Gasteiger partial charge in [-0.1, -0.05) is 35.3 Å². The molecule has 0 aromatic heterocycles. The third kappa shape index (κ3) is 4.18. The molecule has 0 saturated carbocycles. The van der Waals surface area contributed by atoms with Crippen molar-refractivity contribution in [2.24, 2.45) is 5.92 Å². The highest BCUT2D eigenvalue weighted by molar-refractivity contribution is 7.80. The number of amides is 1. The van der Waals surface area contributed by atoms with Crippen molar-refractivity contribution < 1.29 is 14.3 Å². The van der Waals surface area contributed by atoms with Gasteiger partial charge in [0.25, 0.3) is 0 Å². The summed E-state index contributed by atoms with van der Waals surface area (Å²) in [6, 6.07) is 19.5. The van der Waals surface area contributed by atoms with Crippen molar-refractivity contribution in [3.05, 3.63) is 82.3 Å². The van der Waals surface area contributed by atoms with Gasteiger partial charge < -0.3 is 20.1 Å². The number of nitrogens with zero attached hydrogens (tertiary/aromatic N) is 1.